The molecule has 0 saturated heterocycles. The largest absolute Gasteiger partial charge is 0.522 e. The van der Waals surface area contributed by atoms with E-state index < -0.39 is 46.9 Å². The second-order valence-corrected chi connectivity index (χ2v) is 7.00. The summed E-state index contributed by atoms with van der Waals surface area (Å²) < 4.78 is 173. The van der Waals surface area contributed by atoms with E-state index in [4.69, 9.17) is 38.9 Å². The molecule has 0 aliphatic carbocycles. The van der Waals surface area contributed by atoms with E-state index in [1.807, 2.05) is 0 Å². The molecule has 3 N–H and O–H groups in total. The van der Waals surface area contributed by atoms with Gasteiger partial charge in [-0.15, -0.1) is 0 Å². The monoisotopic (exact) mass is 630 g/mol. The van der Waals surface area contributed by atoms with Gasteiger partial charge in [0.1, 0.15) is 0 Å². The van der Waals surface area contributed by atoms with Crippen LogP contribution < -0.4 is 0 Å². The average Bonchev–Trinajstić information content (AvgIpc) is 2.08. The Morgan fingerprint density at radius 1 is 0.440 bits per heavy atom. The summed E-state index contributed by atoms with van der Waals surface area (Å²) in [5.74, 6) is 0. The summed E-state index contributed by atoms with van der Waals surface area (Å²) in [7, 11) is -17.5. The Morgan fingerprint density at radius 2 is 0.480 bits per heavy atom. The summed E-state index contributed by atoms with van der Waals surface area (Å²) in [6.45, 7) is 0. The predicted molar refractivity (Wildman–Crippen MR) is 52.8 cm³/mol. The first-order valence-corrected chi connectivity index (χ1v) is 8.18. The zero-order valence-electron chi connectivity index (χ0n) is 10.4. The van der Waals surface area contributed by atoms with Crippen LogP contribution in [0.25, 0.3) is 0 Å². The standard InChI is InChI=1S/3CHF3O3S.Hf/c3*2-1(3,4)8(5,6)7;/h3*(H,5,6,7);. The number of alkyl halides is 9. The van der Waals surface area contributed by atoms with Gasteiger partial charge in [-0.3, -0.25) is 13.7 Å². The number of hydrogen-bond acceptors (Lipinski definition) is 6. The van der Waals surface area contributed by atoms with E-state index in [2.05, 4.69) is 0 Å². The van der Waals surface area contributed by atoms with E-state index in [1.54, 1.807) is 0 Å². The number of halogens is 9. The summed E-state index contributed by atoms with van der Waals surface area (Å²) >= 11 is 0. The van der Waals surface area contributed by atoms with E-state index >= 15 is 0 Å². The first kappa shape index (κ1) is 32.6. The van der Waals surface area contributed by atoms with Gasteiger partial charge in [0.2, 0.25) is 0 Å². The van der Waals surface area contributed by atoms with Gasteiger partial charge < -0.3 is 0 Å². The van der Waals surface area contributed by atoms with Crippen LogP contribution in [0.2, 0.25) is 0 Å². The zero-order chi connectivity index (χ0) is 21.0. The Morgan fingerprint density at radius 3 is 0.480 bits per heavy atom. The molecule has 0 aliphatic heterocycles. The van der Waals surface area contributed by atoms with Crippen LogP contribution in [-0.2, 0) is 56.2 Å². The van der Waals surface area contributed by atoms with Gasteiger partial charge in [-0.05, 0) is 0 Å². The van der Waals surface area contributed by atoms with E-state index in [-0.39, 0.29) is 25.8 Å². The van der Waals surface area contributed by atoms with Gasteiger partial charge in [-0.1, -0.05) is 0 Å². The average molecular weight is 629 g/mol. The van der Waals surface area contributed by atoms with Gasteiger partial charge in [-0.25, -0.2) is 0 Å². The van der Waals surface area contributed by atoms with Gasteiger partial charge in [0, 0.05) is 25.8 Å². The molecule has 0 aliphatic rings. The Balaban J connectivity index is -0.000000130. The maximum absolute atomic E-state index is 10.7. The summed E-state index contributed by atoms with van der Waals surface area (Å²) in [6.07, 6.45) is 0. The fraction of sp³-hybridized carbons (Fsp3) is 1.00. The van der Waals surface area contributed by atoms with Crippen molar-refractivity contribution in [1.29, 1.82) is 0 Å². The van der Waals surface area contributed by atoms with E-state index in [0.717, 1.165) is 0 Å². The maximum Gasteiger partial charge on any atom is 0.522 e. The van der Waals surface area contributed by atoms with Crippen LogP contribution in [-0.4, -0.2) is 55.4 Å². The van der Waals surface area contributed by atoms with Gasteiger partial charge in [0.05, 0.1) is 0 Å². The van der Waals surface area contributed by atoms with Crippen LogP contribution in [0.4, 0.5) is 39.5 Å². The molecular weight excluding hydrogens is 626 g/mol. The molecule has 0 aromatic carbocycles. The van der Waals surface area contributed by atoms with Crippen molar-refractivity contribution < 1.29 is 104 Å². The third-order valence-corrected chi connectivity index (χ3v) is 2.63. The third-order valence-electron chi connectivity index (χ3n) is 0.877. The smallest absolute Gasteiger partial charge is 0.279 e. The second-order valence-electron chi connectivity index (χ2n) is 2.76. The van der Waals surface area contributed by atoms with Crippen LogP contribution in [0.15, 0.2) is 0 Å². The first-order chi connectivity index (χ1) is 9.75. The number of rotatable bonds is 0. The molecule has 22 heteroatoms. The summed E-state index contributed by atoms with van der Waals surface area (Å²) in [6, 6.07) is 0. The van der Waals surface area contributed by atoms with E-state index in [1.165, 1.54) is 0 Å². The molecule has 0 atom stereocenters. The van der Waals surface area contributed by atoms with Gasteiger partial charge in [0.15, 0.2) is 0 Å². The quantitative estimate of drug-likeness (QED) is 0.155. The Hall–Kier alpha value is -0.0299. The van der Waals surface area contributed by atoms with Crippen molar-refractivity contribution in [3.63, 3.8) is 0 Å². The van der Waals surface area contributed by atoms with E-state index in [0.29, 0.717) is 0 Å². The van der Waals surface area contributed by atoms with Crippen LogP contribution in [0.3, 0.4) is 0 Å². The van der Waals surface area contributed by atoms with Crippen molar-refractivity contribution in [2.45, 2.75) is 16.5 Å². The molecule has 0 fully saturated rings. The van der Waals surface area contributed by atoms with Crippen LogP contribution in [0.5, 0.6) is 0 Å². The minimum Gasteiger partial charge on any atom is -0.279 e. The third kappa shape index (κ3) is 15.9. The Bertz CT molecular complexity index is 596. The molecule has 0 bridgehead atoms. The fourth-order valence-electron chi connectivity index (χ4n) is 0. The molecule has 9 nitrogen and oxygen atoms in total. The molecule has 0 amide bonds. The van der Waals surface area contributed by atoms with Crippen molar-refractivity contribution >= 4 is 30.4 Å². The minimum absolute atomic E-state index is 0. The van der Waals surface area contributed by atoms with Crippen molar-refractivity contribution in [2.75, 3.05) is 0 Å². The topological polar surface area (TPSA) is 163 Å². The molecule has 0 heterocycles. The molecule has 0 saturated carbocycles. The predicted octanol–water partition coefficient (Wildman–Crippen LogP) is 1.18. The molecule has 25 heavy (non-hydrogen) atoms. The van der Waals surface area contributed by atoms with E-state index in [9.17, 15) is 39.5 Å². The normalized spacial score (nSPS) is 13.4. The maximum atomic E-state index is 10.7. The molecule has 0 unspecified atom stereocenters. The van der Waals surface area contributed by atoms with Crippen molar-refractivity contribution in [1.82, 2.24) is 0 Å². The van der Waals surface area contributed by atoms with Crippen molar-refractivity contribution in [3.05, 3.63) is 0 Å². The Labute approximate surface area is 151 Å². The molecule has 0 aromatic heterocycles. The molecular formula is C3H3F9HfO9S3. The van der Waals surface area contributed by atoms with Crippen LogP contribution in [0.1, 0.15) is 0 Å². The van der Waals surface area contributed by atoms with Gasteiger partial charge in [-0.2, -0.15) is 64.8 Å². The van der Waals surface area contributed by atoms with Gasteiger partial charge >= 0.3 is 46.9 Å². The summed E-state index contributed by atoms with van der Waals surface area (Å²) in [5, 5.41) is 0. The van der Waals surface area contributed by atoms with Crippen LogP contribution in [0, 0.1) is 0 Å². The van der Waals surface area contributed by atoms with Crippen molar-refractivity contribution in [3.8, 4) is 0 Å². The zero-order valence-corrected chi connectivity index (χ0v) is 16.5. The molecule has 0 rings (SSSR count). The van der Waals surface area contributed by atoms with Crippen molar-refractivity contribution in [2.24, 2.45) is 0 Å². The minimum atomic E-state index is -5.84. The first-order valence-electron chi connectivity index (χ1n) is 3.86. The summed E-state index contributed by atoms with van der Waals surface area (Å²) in [4.78, 5) is 0. The fourth-order valence-corrected chi connectivity index (χ4v) is 0. The van der Waals surface area contributed by atoms with Crippen LogP contribution >= 0.6 is 0 Å². The number of hydrogen-bond donors (Lipinski definition) is 3. The molecule has 0 radical (unpaired) electrons. The van der Waals surface area contributed by atoms with Gasteiger partial charge in [0.25, 0.3) is 0 Å². The molecule has 0 aromatic rings. The Kier molecular flexibility index (Phi) is 12.8. The SMILES string of the molecule is O=S(=O)(O)C(F)(F)F.O=S(=O)(O)C(F)(F)F.O=S(=O)(O)C(F)(F)F.[Hf]. The summed E-state index contributed by atoms with van der Waals surface area (Å²) in [5.41, 5.74) is -16.6. The molecule has 0 spiro atoms. The second kappa shape index (κ2) is 9.77. The molecule has 154 valence electrons.